The summed E-state index contributed by atoms with van der Waals surface area (Å²) in [5.74, 6) is 0.777. The third kappa shape index (κ3) is 4.09. The average molecular weight is 338 g/mol. The van der Waals surface area contributed by atoms with Crippen LogP contribution in [-0.2, 0) is 14.8 Å². The van der Waals surface area contributed by atoms with Crippen molar-refractivity contribution in [1.82, 2.24) is 14.5 Å². The lowest BCUT2D eigenvalue weighted by molar-refractivity contribution is -0.135. The van der Waals surface area contributed by atoms with Gasteiger partial charge in [0.25, 0.3) is 0 Å². The molecule has 3 aliphatic rings. The van der Waals surface area contributed by atoms with Crippen LogP contribution in [0.4, 0.5) is 0 Å². The van der Waals surface area contributed by atoms with Crippen molar-refractivity contribution in [2.75, 3.05) is 38.5 Å². The Morgan fingerprint density at radius 2 is 1.95 bits per heavy atom. The van der Waals surface area contributed by atoms with Crippen molar-refractivity contribution in [2.45, 2.75) is 31.7 Å². The molecular weight excluding hydrogens is 314 g/mol. The van der Waals surface area contributed by atoms with Crippen molar-refractivity contribution in [3.8, 4) is 0 Å². The molecule has 8 heteroatoms. The number of carbonyl (C=O) groups is 1. The first-order valence-corrected chi connectivity index (χ1v) is 9.15. The molecule has 122 valence electrons. The van der Waals surface area contributed by atoms with Crippen molar-refractivity contribution in [3.05, 3.63) is 0 Å². The summed E-state index contributed by atoms with van der Waals surface area (Å²) in [6.45, 7) is 2.98. The molecule has 2 saturated heterocycles. The Bertz CT molecular complexity index is 481. The summed E-state index contributed by atoms with van der Waals surface area (Å²) >= 11 is 0. The first-order chi connectivity index (χ1) is 9.56. The zero-order valence-electron chi connectivity index (χ0n) is 12.2. The number of nitrogens with zero attached hydrogens (tertiary/aromatic N) is 2. The second-order valence-corrected chi connectivity index (χ2v) is 8.15. The molecule has 0 aromatic carbocycles. The van der Waals surface area contributed by atoms with Gasteiger partial charge in [0.1, 0.15) is 0 Å². The lowest BCUT2D eigenvalue weighted by Gasteiger charge is -2.40. The lowest BCUT2D eigenvalue weighted by atomic mass is 10.1. The lowest BCUT2D eigenvalue weighted by Crippen LogP contribution is -2.57. The van der Waals surface area contributed by atoms with Crippen LogP contribution < -0.4 is 5.32 Å². The van der Waals surface area contributed by atoms with Gasteiger partial charge >= 0.3 is 0 Å². The maximum atomic E-state index is 12.4. The number of hydrogen-bond acceptors (Lipinski definition) is 4. The van der Waals surface area contributed by atoms with E-state index in [4.69, 9.17) is 0 Å². The molecule has 0 spiro atoms. The van der Waals surface area contributed by atoms with E-state index in [2.05, 4.69) is 5.32 Å². The van der Waals surface area contributed by atoms with E-state index in [1.807, 2.05) is 4.90 Å². The van der Waals surface area contributed by atoms with Gasteiger partial charge in [-0.25, -0.2) is 8.42 Å². The number of nitrogens with one attached hydrogen (secondary N) is 1. The zero-order valence-corrected chi connectivity index (χ0v) is 13.8. The van der Waals surface area contributed by atoms with Crippen molar-refractivity contribution in [1.29, 1.82) is 0 Å². The van der Waals surface area contributed by atoms with Crippen molar-refractivity contribution < 1.29 is 13.2 Å². The van der Waals surface area contributed by atoms with Gasteiger partial charge in [-0.15, -0.1) is 12.4 Å². The second-order valence-electron chi connectivity index (χ2n) is 6.14. The summed E-state index contributed by atoms with van der Waals surface area (Å²) in [4.78, 5) is 13.8. The molecular formula is C13H24ClN3O3S. The van der Waals surface area contributed by atoms with Crippen molar-refractivity contribution in [3.63, 3.8) is 0 Å². The van der Waals surface area contributed by atoms with Gasteiger partial charge in [0.05, 0.1) is 12.3 Å². The summed E-state index contributed by atoms with van der Waals surface area (Å²) in [5, 5.41) is 3.06. The number of piperidine rings is 1. The van der Waals surface area contributed by atoms with Gasteiger partial charge in [-0.05, 0) is 31.6 Å². The highest BCUT2D eigenvalue weighted by Crippen LogP contribution is 2.32. The molecule has 2 heterocycles. The normalized spacial score (nSPS) is 28.3. The van der Waals surface area contributed by atoms with Crippen LogP contribution in [0.2, 0.25) is 0 Å². The summed E-state index contributed by atoms with van der Waals surface area (Å²) in [7, 11) is -3.13. The Morgan fingerprint density at radius 3 is 2.62 bits per heavy atom. The molecule has 1 unspecified atom stereocenters. The van der Waals surface area contributed by atoms with E-state index in [0.717, 1.165) is 32.2 Å². The fraction of sp³-hybridized carbons (Fsp3) is 0.923. The van der Waals surface area contributed by atoms with E-state index in [-0.39, 0.29) is 24.4 Å². The number of carbonyl (C=O) groups excluding carboxylic acids is 1. The monoisotopic (exact) mass is 337 g/mol. The van der Waals surface area contributed by atoms with Gasteiger partial charge in [-0.1, -0.05) is 0 Å². The third-order valence-corrected chi connectivity index (χ3v) is 6.47. The van der Waals surface area contributed by atoms with Crippen LogP contribution in [0.3, 0.4) is 0 Å². The van der Waals surface area contributed by atoms with E-state index >= 15 is 0 Å². The molecule has 0 aromatic heterocycles. The van der Waals surface area contributed by atoms with Gasteiger partial charge in [0.15, 0.2) is 0 Å². The average Bonchev–Trinajstić information content (AvgIpc) is 3.23. The first kappa shape index (κ1) is 17.0. The van der Waals surface area contributed by atoms with Gasteiger partial charge in [0.2, 0.25) is 15.9 Å². The molecule has 6 nitrogen and oxygen atoms in total. The van der Waals surface area contributed by atoms with E-state index in [0.29, 0.717) is 37.8 Å². The van der Waals surface area contributed by atoms with Crippen molar-refractivity contribution >= 4 is 28.3 Å². The molecule has 0 bridgehead atoms. The van der Waals surface area contributed by atoms with Crippen LogP contribution in [0.5, 0.6) is 0 Å². The van der Waals surface area contributed by atoms with E-state index < -0.39 is 10.0 Å². The summed E-state index contributed by atoms with van der Waals surface area (Å²) in [6, 6.07) is 0.0623. The van der Waals surface area contributed by atoms with Crippen LogP contribution in [-0.4, -0.2) is 68.0 Å². The van der Waals surface area contributed by atoms with Crippen molar-refractivity contribution in [2.24, 2.45) is 5.92 Å². The maximum absolute atomic E-state index is 12.4. The molecule has 21 heavy (non-hydrogen) atoms. The Hall–Kier alpha value is -0.370. The number of sulfonamides is 1. The molecule has 3 fully saturated rings. The topological polar surface area (TPSA) is 69.7 Å². The van der Waals surface area contributed by atoms with Gasteiger partial charge in [-0.2, -0.15) is 4.31 Å². The van der Waals surface area contributed by atoms with Crippen LogP contribution >= 0.6 is 12.4 Å². The minimum Gasteiger partial charge on any atom is -0.336 e. The number of halogens is 1. The van der Waals surface area contributed by atoms with E-state index in [9.17, 15) is 13.2 Å². The van der Waals surface area contributed by atoms with Gasteiger partial charge in [-0.3, -0.25) is 4.79 Å². The van der Waals surface area contributed by atoms with E-state index in [1.54, 1.807) is 4.31 Å². The first-order valence-electron chi connectivity index (χ1n) is 7.54. The zero-order chi connectivity index (χ0) is 14.2. The highest BCUT2D eigenvalue weighted by atomic mass is 35.5. The highest BCUT2D eigenvalue weighted by molar-refractivity contribution is 7.89. The van der Waals surface area contributed by atoms with Gasteiger partial charge in [0, 0.05) is 32.2 Å². The number of rotatable bonds is 4. The fourth-order valence-corrected chi connectivity index (χ4v) is 5.07. The number of piperazine rings is 1. The van der Waals surface area contributed by atoms with E-state index in [1.165, 1.54) is 0 Å². The minimum atomic E-state index is -3.13. The fourth-order valence-electron chi connectivity index (χ4n) is 3.12. The molecule has 3 rings (SSSR count). The second kappa shape index (κ2) is 6.81. The van der Waals surface area contributed by atoms with Crippen LogP contribution in [0.1, 0.15) is 25.7 Å². The Labute approximate surface area is 132 Å². The Kier molecular flexibility index (Phi) is 5.51. The highest BCUT2D eigenvalue weighted by Gasteiger charge is 2.37. The molecule has 0 radical (unpaired) electrons. The standard InChI is InChI=1S/C13H23N3O3S.ClH/c17-13-8-14-5-7-16(13)12-2-1-6-15(9-12)20(18,19)10-11-3-4-11;/h11-12,14H,1-10H2;1H. The molecule has 2 aliphatic heterocycles. The minimum absolute atomic E-state index is 0. The Morgan fingerprint density at radius 1 is 1.19 bits per heavy atom. The quantitative estimate of drug-likeness (QED) is 0.786. The summed E-state index contributed by atoms with van der Waals surface area (Å²) in [5.41, 5.74) is 0. The molecule has 0 aromatic rings. The maximum Gasteiger partial charge on any atom is 0.236 e. The third-order valence-electron chi connectivity index (χ3n) is 4.46. The smallest absolute Gasteiger partial charge is 0.236 e. The number of amides is 1. The van der Waals surface area contributed by atoms with Gasteiger partial charge < -0.3 is 10.2 Å². The largest absolute Gasteiger partial charge is 0.336 e. The molecule has 1 atom stereocenters. The Balaban J connectivity index is 0.00000161. The SMILES string of the molecule is Cl.O=C1CNCCN1C1CCCN(S(=O)(=O)CC2CC2)C1. The number of hydrogen-bond donors (Lipinski definition) is 1. The predicted octanol–water partition coefficient (Wildman–Crippen LogP) is 0.0442. The summed E-state index contributed by atoms with van der Waals surface area (Å²) in [6.07, 6.45) is 3.87. The molecule has 1 aliphatic carbocycles. The van der Waals surface area contributed by atoms with Crippen LogP contribution in [0.25, 0.3) is 0 Å². The molecule has 1 amide bonds. The van der Waals surface area contributed by atoms with Crippen LogP contribution in [0.15, 0.2) is 0 Å². The predicted molar refractivity (Wildman–Crippen MR) is 82.9 cm³/mol. The molecule has 1 N–H and O–H groups in total. The van der Waals surface area contributed by atoms with Crippen LogP contribution in [0, 0.1) is 5.92 Å². The summed E-state index contributed by atoms with van der Waals surface area (Å²) < 4.78 is 26.3. The molecule has 1 saturated carbocycles.